The average Bonchev–Trinajstić information content (AvgIpc) is 2.79. The van der Waals surface area contributed by atoms with Crippen molar-refractivity contribution < 1.29 is 13.2 Å². The number of rotatable bonds is 4. The molecule has 3 aromatic rings. The maximum atomic E-state index is 12.9. The molecule has 2 aromatic heterocycles. The maximum Gasteiger partial charge on any atom is 0.433 e. The normalized spacial score (nSPS) is 13.4. The van der Waals surface area contributed by atoms with Crippen LogP contribution in [0.3, 0.4) is 0 Å². The number of pyridine rings is 1. The van der Waals surface area contributed by atoms with Gasteiger partial charge < -0.3 is 9.80 Å². The van der Waals surface area contributed by atoms with Gasteiger partial charge in [0.05, 0.1) is 28.8 Å². The second-order valence-electron chi connectivity index (χ2n) is 7.57. The van der Waals surface area contributed by atoms with E-state index in [-0.39, 0.29) is 0 Å². The topological polar surface area (TPSA) is 68.9 Å². The van der Waals surface area contributed by atoms with Crippen LogP contribution in [0.15, 0.2) is 42.9 Å². The molecule has 32 heavy (non-hydrogen) atoms. The Bertz CT molecular complexity index is 1170. The molecule has 1 aliphatic heterocycles. The lowest BCUT2D eigenvalue weighted by atomic mass is 10.0. The molecule has 0 spiro atoms. The summed E-state index contributed by atoms with van der Waals surface area (Å²) in [6.07, 6.45) is -1.12. The zero-order chi connectivity index (χ0) is 22.9. The highest BCUT2D eigenvalue weighted by atomic mass is 19.4. The van der Waals surface area contributed by atoms with Crippen molar-refractivity contribution >= 4 is 17.2 Å². The van der Waals surface area contributed by atoms with E-state index in [1.807, 2.05) is 36.9 Å². The third-order valence-corrected chi connectivity index (χ3v) is 5.51. The van der Waals surface area contributed by atoms with Crippen LogP contribution in [0, 0.1) is 18.3 Å². The third kappa shape index (κ3) is 4.08. The fourth-order valence-corrected chi connectivity index (χ4v) is 3.95. The first-order valence-corrected chi connectivity index (χ1v) is 10.2. The molecule has 0 N–H and O–H groups in total. The number of fused-ring (bicyclic) bond motifs is 1. The summed E-state index contributed by atoms with van der Waals surface area (Å²) < 4.78 is 38.7. The van der Waals surface area contributed by atoms with Crippen molar-refractivity contribution in [2.45, 2.75) is 33.0 Å². The monoisotopic (exact) mass is 438 g/mol. The standard InChI is InChI=1S/C23H21F3N6/c1-3-32(17-5-7-21(28-12-17)23(24,25)26)22-18-13-31(9-8-19(18)29-14-30-22)20-6-4-15(2)10-16(20)11-27/h4-7,10,12,14H,3,8-9,13H2,1-2H3. The van der Waals surface area contributed by atoms with Crippen molar-refractivity contribution in [3.05, 3.63) is 70.9 Å². The summed E-state index contributed by atoms with van der Waals surface area (Å²) in [7, 11) is 0. The van der Waals surface area contributed by atoms with Crippen molar-refractivity contribution in [1.29, 1.82) is 5.26 Å². The molecule has 0 bridgehead atoms. The Balaban J connectivity index is 1.70. The van der Waals surface area contributed by atoms with Crippen molar-refractivity contribution in [3.63, 3.8) is 0 Å². The van der Waals surface area contributed by atoms with E-state index in [2.05, 4.69) is 25.9 Å². The fraction of sp³-hybridized carbons (Fsp3) is 0.304. The number of anilines is 3. The van der Waals surface area contributed by atoms with Gasteiger partial charge in [0.15, 0.2) is 0 Å². The van der Waals surface area contributed by atoms with E-state index in [4.69, 9.17) is 0 Å². The van der Waals surface area contributed by atoms with E-state index < -0.39 is 11.9 Å². The summed E-state index contributed by atoms with van der Waals surface area (Å²) in [5.41, 5.74) is 3.84. The largest absolute Gasteiger partial charge is 0.433 e. The Kier molecular flexibility index (Phi) is 5.70. The first-order chi connectivity index (χ1) is 15.3. The number of hydrogen-bond donors (Lipinski definition) is 0. The van der Waals surface area contributed by atoms with E-state index in [1.54, 1.807) is 0 Å². The molecule has 4 rings (SSSR count). The van der Waals surface area contributed by atoms with Gasteiger partial charge in [0.1, 0.15) is 23.9 Å². The van der Waals surface area contributed by atoms with Crippen LogP contribution in [0.1, 0.15) is 35.0 Å². The summed E-state index contributed by atoms with van der Waals surface area (Å²) in [6, 6.07) is 10.4. The highest BCUT2D eigenvalue weighted by Crippen LogP contribution is 2.34. The number of nitrogens with zero attached hydrogens (tertiary/aromatic N) is 6. The van der Waals surface area contributed by atoms with E-state index in [1.165, 1.54) is 18.6 Å². The molecule has 3 heterocycles. The number of aromatic nitrogens is 3. The molecule has 1 aromatic carbocycles. The molecule has 1 aliphatic rings. The fourth-order valence-electron chi connectivity index (χ4n) is 3.95. The minimum atomic E-state index is -4.49. The lowest BCUT2D eigenvalue weighted by Gasteiger charge is -2.34. The van der Waals surface area contributed by atoms with Crippen LogP contribution in [0.4, 0.5) is 30.4 Å². The highest BCUT2D eigenvalue weighted by Gasteiger charge is 2.32. The van der Waals surface area contributed by atoms with E-state index in [9.17, 15) is 18.4 Å². The van der Waals surface area contributed by atoms with Crippen LogP contribution in [-0.2, 0) is 19.1 Å². The lowest BCUT2D eigenvalue weighted by molar-refractivity contribution is -0.141. The second kappa shape index (κ2) is 8.46. The minimum Gasteiger partial charge on any atom is -0.366 e. The van der Waals surface area contributed by atoms with Gasteiger partial charge in [0.2, 0.25) is 0 Å². The van der Waals surface area contributed by atoms with Crippen molar-refractivity contribution in [2.24, 2.45) is 0 Å². The quantitative estimate of drug-likeness (QED) is 0.583. The van der Waals surface area contributed by atoms with Gasteiger partial charge in [0.25, 0.3) is 0 Å². The van der Waals surface area contributed by atoms with Crippen molar-refractivity contribution in [3.8, 4) is 6.07 Å². The average molecular weight is 438 g/mol. The predicted octanol–water partition coefficient (Wildman–Crippen LogP) is 4.79. The molecular weight excluding hydrogens is 417 g/mol. The lowest BCUT2D eigenvalue weighted by Crippen LogP contribution is -2.33. The van der Waals surface area contributed by atoms with Gasteiger partial charge in [-0.2, -0.15) is 18.4 Å². The minimum absolute atomic E-state index is 0.491. The summed E-state index contributed by atoms with van der Waals surface area (Å²) >= 11 is 0. The zero-order valence-electron chi connectivity index (χ0n) is 17.7. The van der Waals surface area contributed by atoms with Gasteiger partial charge in [-0.3, -0.25) is 0 Å². The van der Waals surface area contributed by atoms with Gasteiger partial charge in [-0.25, -0.2) is 15.0 Å². The van der Waals surface area contributed by atoms with Gasteiger partial charge in [-0.15, -0.1) is 0 Å². The van der Waals surface area contributed by atoms with Crippen LogP contribution in [0.5, 0.6) is 0 Å². The molecule has 9 heteroatoms. The number of halogens is 3. The Morgan fingerprint density at radius 2 is 1.97 bits per heavy atom. The molecule has 6 nitrogen and oxygen atoms in total. The number of hydrogen-bond acceptors (Lipinski definition) is 6. The van der Waals surface area contributed by atoms with Crippen molar-refractivity contribution in [2.75, 3.05) is 22.9 Å². The first kappa shape index (κ1) is 21.6. The smallest absolute Gasteiger partial charge is 0.366 e. The van der Waals surface area contributed by atoms with E-state index in [0.717, 1.165) is 28.6 Å². The molecule has 0 saturated heterocycles. The maximum absolute atomic E-state index is 12.9. The van der Waals surface area contributed by atoms with Crippen LogP contribution >= 0.6 is 0 Å². The zero-order valence-corrected chi connectivity index (χ0v) is 17.7. The molecule has 0 atom stereocenters. The molecule has 164 valence electrons. The summed E-state index contributed by atoms with van der Waals surface area (Å²) in [5, 5.41) is 9.58. The molecule has 0 fully saturated rings. The molecule has 0 amide bonds. The highest BCUT2D eigenvalue weighted by molar-refractivity contribution is 5.66. The molecule has 0 unspecified atom stereocenters. The number of benzene rings is 1. The SMILES string of the molecule is CCN(c1ccc(C(F)(F)F)nc1)c1ncnc2c1CN(c1ccc(C)cc1C#N)CC2. The predicted molar refractivity (Wildman–Crippen MR) is 115 cm³/mol. The van der Waals surface area contributed by atoms with Gasteiger partial charge >= 0.3 is 6.18 Å². The summed E-state index contributed by atoms with van der Waals surface area (Å²) in [4.78, 5) is 16.4. The van der Waals surface area contributed by atoms with Gasteiger partial charge in [-0.1, -0.05) is 6.07 Å². The first-order valence-electron chi connectivity index (χ1n) is 10.2. The number of nitriles is 1. The van der Waals surface area contributed by atoms with Crippen LogP contribution in [0.25, 0.3) is 0 Å². The van der Waals surface area contributed by atoms with Crippen LogP contribution < -0.4 is 9.80 Å². The Labute approximate surface area is 184 Å². The summed E-state index contributed by atoms with van der Waals surface area (Å²) in [6.45, 7) is 5.53. The molecule has 0 radical (unpaired) electrons. The Hall–Kier alpha value is -3.67. The molecular formula is C23H21F3N6. The molecule has 0 aliphatic carbocycles. The Morgan fingerprint density at radius 1 is 1.16 bits per heavy atom. The van der Waals surface area contributed by atoms with Gasteiger partial charge in [0, 0.05) is 31.6 Å². The molecule has 0 saturated carbocycles. The van der Waals surface area contributed by atoms with Crippen molar-refractivity contribution in [1.82, 2.24) is 15.0 Å². The second-order valence-corrected chi connectivity index (χ2v) is 7.57. The van der Waals surface area contributed by atoms with Gasteiger partial charge in [-0.05, 0) is 43.7 Å². The van der Waals surface area contributed by atoms with Crippen LogP contribution in [0.2, 0.25) is 0 Å². The number of alkyl halides is 3. The van der Waals surface area contributed by atoms with E-state index in [0.29, 0.717) is 43.1 Å². The summed E-state index contributed by atoms with van der Waals surface area (Å²) in [5.74, 6) is 0.634. The van der Waals surface area contributed by atoms with Crippen LogP contribution in [-0.4, -0.2) is 28.0 Å². The van der Waals surface area contributed by atoms with E-state index >= 15 is 0 Å². The number of aryl methyl sites for hydroxylation is 1. The third-order valence-electron chi connectivity index (χ3n) is 5.51. The Morgan fingerprint density at radius 3 is 2.62 bits per heavy atom.